The number of hydrogen-bond donors (Lipinski definition) is 1. The standard InChI is InChI=1S/C26H38BN3O4/c1-9-17-14-21(30(16-17)23(31)32-24(2,3)4)22-28-15-20(29-22)18-10-12-19(13-11-18)27-33-25(5,6)26(7,8)34-27/h10-13,15,17,21H,9,14,16H2,1-8H3,(H,28,29)/t17-,21-/m0/s1. The molecule has 1 aromatic carbocycles. The van der Waals surface area contributed by atoms with E-state index in [1.807, 2.05) is 56.1 Å². The fourth-order valence-corrected chi connectivity index (χ4v) is 4.45. The van der Waals surface area contributed by atoms with Gasteiger partial charge in [-0.15, -0.1) is 0 Å². The molecule has 1 amide bonds. The van der Waals surface area contributed by atoms with Crippen LogP contribution in [-0.4, -0.2) is 51.4 Å². The number of likely N-dealkylation sites (tertiary alicyclic amines) is 1. The Bertz CT molecular complexity index is 1010. The molecule has 2 saturated heterocycles. The van der Waals surface area contributed by atoms with Crippen LogP contribution in [0, 0.1) is 5.92 Å². The van der Waals surface area contributed by atoms with E-state index in [0.717, 1.165) is 35.4 Å². The smallest absolute Gasteiger partial charge is 0.444 e. The van der Waals surface area contributed by atoms with E-state index >= 15 is 0 Å². The van der Waals surface area contributed by atoms with E-state index in [2.05, 4.69) is 44.6 Å². The zero-order chi connectivity index (χ0) is 24.9. The van der Waals surface area contributed by atoms with Gasteiger partial charge in [0, 0.05) is 6.54 Å². The maximum atomic E-state index is 12.9. The number of nitrogens with zero attached hydrogens (tertiary/aromatic N) is 2. The van der Waals surface area contributed by atoms with Crippen molar-refractivity contribution in [2.45, 2.75) is 91.1 Å². The van der Waals surface area contributed by atoms with Gasteiger partial charge in [0.05, 0.1) is 29.1 Å². The van der Waals surface area contributed by atoms with Crippen LogP contribution in [0.15, 0.2) is 30.5 Å². The highest BCUT2D eigenvalue weighted by Gasteiger charge is 2.51. The van der Waals surface area contributed by atoms with Crippen LogP contribution in [0.1, 0.15) is 80.1 Å². The third-order valence-electron chi connectivity index (χ3n) is 7.25. The fraction of sp³-hybridized carbons (Fsp3) is 0.615. The summed E-state index contributed by atoms with van der Waals surface area (Å²) in [5, 5.41) is 0. The predicted octanol–water partition coefficient (Wildman–Crippen LogP) is 5.08. The van der Waals surface area contributed by atoms with Crippen LogP contribution in [0.5, 0.6) is 0 Å². The summed E-state index contributed by atoms with van der Waals surface area (Å²) in [6, 6.07) is 8.05. The molecule has 34 heavy (non-hydrogen) atoms. The maximum Gasteiger partial charge on any atom is 0.494 e. The summed E-state index contributed by atoms with van der Waals surface area (Å²) in [5.74, 6) is 1.23. The van der Waals surface area contributed by atoms with Crippen molar-refractivity contribution in [3.8, 4) is 11.3 Å². The number of carbonyl (C=O) groups excluding carboxylic acids is 1. The molecule has 7 nitrogen and oxygen atoms in total. The molecule has 8 heteroatoms. The zero-order valence-electron chi connectivity index (χ0n) is 21.8. The number of carbonyl (C=O) groups is 1. The predicted molar refractivity (Wildman–Crippen MR) is 134 cm³/mol. The first-order chi connectivity index (χ1) is 15.8. The molecule has 2 aliphatic rings. The first-order valence-corrected chi connectivity index (χ1v) is 12.3. The zero-order valence-corrected chi connectivity index (χ0v) is 21.8. The van der Waals surface area contributed by atoms with Gasteiger partial charge in [-0.1, -0.05) is 37.6 Å². The summed E-state index contributed by atoms with van der Waals surface area (Å²) in [6.07, 6.45) is 3.46. The van der Waals surface area contributed by atoms with Gasteiger partial charge in [-0.3, -0.25) is 4.90 Å². The monoisotopic (exact) mass is 467 g/mol. The van der Waals surface area contributed by atoms with Gasteiger partial charge < -0.3 is 19.0 Å². The summed E-state index contributed by atoms with van der Waals surface area (Å²) in [7, 11) is -0.386. The number of nitrogens with one attached hydrogen (secondary N) is 1. The van der Waals surface area contributed by atoms with Gasteiger partial charge in [0.2, 0.25) is 0 Å². The lowest BCUT2D eigenvalue weighted by molar-refractivity contribution is 0.00578. The maximum absolute atomic E-state index is 12.9. The van der Waals surface area contributed by atoms with Crippen molar-refractivity contribution < 1.29 is 18.8 Å². The largest absolute Gasteiger partial charge is 0.494 e. The van der Waals surface area contributed by atoms with Crippen molar-refractivity contribution >= 4 is 18.7 Å². The van der Waals surface area contributed by atoms with Crippen molar-refractivity contribution in [2.24, 2.45) is 5.92 Å². The van der Waals surface area contributed by atoms with Crippen molar-refractivity contribution in [1.82, 2.24) is 14.9 Å². The van der Waals surface area contributed by atoms with E-state index in [-0.39, 0.29) is 30.5 Å². The summed E-state index contributed by atoms with van der Waals surface area (Å²) in [6.45, 7) is 16.8. The summed E-state index contributed by atoms with van der Waals surface area (Å²) in [5.41, 5.74) is 1.66. The molecule has 0 spiro atoms. The minimum absolute atomic E-state index is 0.113. The number of H-pyrrole nitrogens is 1. The number of aromatic nitrogens is 2. The number of imidazole rings is 1. The summed E-state index contributed by atoms with van der Waals surface area (Å²) >= 11 is 0. The van der Waals surface area contributed by atoms with Gasteiger partial charge in [-0.25, -0.2) is 9.78 Å². The van der Waals surface area contributed by atoms with Crippen molar-refractivity contribution in [3.05, 3.63) is 36.3 Å². The van der Waals surface area contributed by atoms with Crippen molar-refractivity contribution in [2.75, 3.05) is 6.54 Å². The summed E-state index contributed by atoms with van der Waals surface area (Å²) in [4.78, 5) is 22.8. The van der Waals surface area contributed by atoms with E-state index < -0.39 is 5.60 Å². The minimum Gasteiger partial charge on any atom is -0.444 e. The number of aromatic amines is 1. The second-order valence-corrected chi connectivity index (χ2v) is 11.6. The normalized spacial score (nSPS) is 24.0. The quantitative estimate of drug-likeness (QED) is 0.635. The molecular weight excluding hydrogens is 429 g/mol. The third kappa shape index (κ3) is 4.89. The lowest BCUT2D eigenvalue weighted by Gasteiger charge is -2.32. The Labute approximate surface area is 203 Å². The molecule has 3 heterocycles. The van der Waals surface area contributed by atoms with Crippen LogP contribution in [0.2, 0.25) is 0 Å². The Morgan fingerprint density at radius 2 is 1.79 bits per heavy atom. The average Bonchev–Trinajstić information content (AvgIpc) is 3.43. The Morgan fingerprint density at radius 3 is 2.35 bits per heavy atom. The molecule has 2 aromatic rings. The van der Waals surface area contributed by atoms with E-state index in [4.69, 9.17) is 14.0 Å². The number of benzene rings is 1. The number of amides is 1. The lowest BCUT2D eigenvalue weighted by atomic mass is 9.79. The van der Waals surface area contributed by atoms with E-state index in [0.29, 0.717) is 12.5 Å². The van der Waals surface area contributed by atoms with Gasteiger partial charge >= 0.3 is 13.2 Å². The number of hydrogen-bond acceptors (Lipinski definition) is 5. The van der Waals surface area contributed by atoms with Crippen LogP contribution >= 0.6 is 0 Å². The van der Waals surface area contributed by atoms with E-state index in [9.17, 15) is 4.79 Å². The SMILES string of the molecule is CC[C@H]1C[C@@H](c2ncc(-c3ccc(B4OC(C)(C)C(C)(C)O4)cc3)[nH]2)N(C(=O)OC(C)(C)C)C1. The molecule has 0 saturated carbocycles. The first-order valence-electron chi connectivity index (χ1n) is 12.3. The van der Waals surface area contributed by atoms with E-state index in [1.165, 1.54) is 0 Å². The van der Waals surface area contributed by atoms with Crippen LogP contribution < -0.4 is 5.46 Å². The average molecular weight is 467 g/mol. The molecule has 0 aliphatic carbocycles. The first kappa shape index (κ1) is 24.8. The van der Waals surface area contributed by atoms with Crippen LogP contribution in [0.25, 0.3) is 11.3 Å². The van der Waals surface area contributed by atoms with Crippen LogP contribution in [0.4, 0.5) is 4.79 Å². The molecule has 1 N–H and O–H groups in total. The molecule has 0 bridgehead atoms. The van der Waals surface area contributed by atoms with Gasteiger partial charge in [0.25, 0.3) is 0 Å². The highest BCUT2D eigenvalue weighted by molar-refractivity contribution is 6.62. The van der Waals surface area contributed by atoms with Crippen molar-refractivity contribution in [1.29, 1.82) is 0 Å². The minimum atomic E-state index is -0.529. The second kappa shape index (κ2) is 8.72. The van der Waals surface area contributed by atoms with Crippen molar-refractivity contribution in [3.63, 3.8) is 0 Å². The molecule has 1 aromatic heterocycles. The number of rotatable bonds is 4. The molecule has 0 unspecified atom stereocenters. The molecule has 4 rings (SSSR count). The Morgan fingerprint density at radius 1 is 1.18 bits per heavy atom. The highest BCUT2D eigenvalue weighted by Crippen LogP contribution is 2.38. The second-order valence-electron chi connectivity index (χ2n) is 11.6. The Hall–Kier alpha value is -2.32. The third-order valence-corrected chi connectivity index (χ3v) is 7.25. The van der Waals surface area contributed by atoms with Crippen LogP contribution in [0.3, 0.4) is 0 Å². The fourth-order valence-electron chi connectivity index (χ4n) is 4.45. The molecular formula is C26H38BN3O4. The molecule has 2 atom stereocenters. The van der Waals surface area contributed by atoms with Crippen LogP contribution in [-0.2, 0) is 14.0 Å². The topological polar surface area (TPSA) is 76.7 Å². The van der Waals surface area contributed by atoms with Gasteiger partial charge in [-0.05, 0) is 71.8 Å². The Kier molecular flexibility index (Phi) is 6.36. The van der Waals surface area contributed by atoms with Gasteiger partial charge in [-0.2, -0.15) is 0 Å². The van der Waals surface area contributed by atoms with Gasteiger partial charge in [0.15, 0.2) is 0 Å². The lowest BCUT2D eigenvalue weighted by Crippen LogP contribution is -2.41. The number of ether oxygens (including phenoxy) is 1. The van der Waals surface area contributed by atoms with E-state index in [1.54, 1.807) is 0 Å². The molecule has 0 radical (unpaired) electrons. The highest BCUT2D eigenvalue weighted by atomic mass is 16.7. The summed E-state index contributed by atoms with van der Waals surface area (Å²) < 4.78 is 18.0. The molecule has 2 aliphatic heterocycles. The molecule has 2 fully saturated rings. The Balaban J connectivity index is 1.51. The molecule has 184 valence electrons. The van der Waals surface area contributed by atoms with Gasteiger partial charge in [0.1, 0.15) is 11.4 Å².